The molecule has 5 aliphatic rings. The molecule has 1 aliphatic heterocycles. The van der Waals surface area contributed by atoms with Crippen molar-refractivity contribution in [1.82, 2.24) is 5.32 Å². The fourth-order valence-electron chi connectivity index (χ4n) is 7.37. The normalized spacial score (nSPS) is 16.1. The van der Waals surface area contributed by atoms with Crippen molar-refractivity contribution in [2.24, 2.45) is 0 Å². The van der Waals surface area contributed by atoms with Crippen LogP contribution in [0.1, 0.15) is 76.2 Å². The molecule has 2 heterocycles. The number of benzene rings is 5. The van der Waals surface area contributed by atoms with Gasteiger partial charge >= 0.3 is 0 Å². The van der Waals surface area contributed by atoms with E-state index in [1.807, 2.05) is 11.3 Å². The van der Waals surface area contributed by atoms with Crippen LogP contribution in [-0.2, 0) is 31.1 Å². The van der Waals surface area contributed by atoms with Gasteiger partial charge in [0.15, 0.2) is 0 Å². The van der Waals surface area contributed by atoms with E-state index in [1.165, 1.54) is 81.4 Å². The van der Waals surface area contributed by atoms with Crippen molar-refractivity contribution in [3.05, 3.63) is 147 Å². The third kappa shape index (κ3) is 4.68. The lowest BCUT2D eigenvalue weighted by Gasteiger charge is -2.26. The number of hydrogen-bond donors (Lipinski definition) is 1. The molecule has 1 N–H and O–H groups in total. The van der Waals surface area contributed by atoms with Gasteiger partial charge in [-0.25, -0.2) is 0 Å². The Morgan fingerprint density at radius 2 is 1.43 bits per heavy atom. The summed E-state index contributed by atoms with van der Waals surface area (Å²) in [5.74, 6) is 0. The molecule has 44 heavy (non-hydrogen) atoms. The first kappa shape index (κ1) is 27.4. The Kier molecular flexibility index (Phi) is 6.54. The minimum absolute atomic E-state index is 0.0583. The third-order valence-electron chi connectivity index (χ3n) is 9.85. The van der Waals surface area contributed by atoms with E-state index in [2.05, 4.69) is 136 Å². The summed E-state index contributed by atoms with van der Waals surface area (Å²) in [7, 11) is 0. The van der Waals surface area contributed by atoms with E-state index in [-0.39, 0.29) is 11.5 Å². The molecule has 0 spiro atoms. The van der Waals surface area contributed by atoms with Crippen molar-refractivity contribution in [1.29, 1.82) is 0 Å². The summed E-state index contributed by atoms with van der Waals surface area (Å²) < 4.78 is 1.41. The van der Waals surface area contributed by atoms with Crippen LogP contribution in [0.3, 0.4) is 0 Å². The van der Waals surface area contributed by atoms with Crippen molar-refractivity contribution in [3.63, 3.8) is 0 Å². The van der Waals surface area contributed by atoms with Gasteiger partial charge in [-0.2, -0.15) is 0 Å². The van der Waals surface area contributed by atoms with Gasteiger partial charge in [-0.3, -0.25) is 0 Å². The van der Waals surface area contributed by atoms with Gasteiger partial charge in [0.05, 0.1) is 6.04 Å². The zero-order chi connectivity index (χ0) is 30.0. The van der Waals surface area contributed by atoms with Crippen molar-refractivity contribution in [2.75, 3.05) is 0 Å². The predicted molar refractivity (Wildman–Crippen MR) is 190 cm³/mol. The molecule has 1 aromatic heterocycles. The molecular weight excluding hydrogens is 551 g/mol. The Morgan fingerprint density at radius 1 is 0.705 bits per heavy atom. The maximum Gasteiger partial charge on any atom is 0.0862 e. The SMILES string of the molecule is Cc1c(-c2cc3ccc2CCc2ccc(cc2)CC3)ccc2c3c(sc12)C(c1cc(C(C)(C)C)c2ccccc2c1)NC=C3. The molecule has 0 saturated carbocycles. The molecule has 6 aromatic rings. The average molecular weight is 590 g/mol. The summed E-state index contributed by atoms with van der Waals surface area (Å²) in [6.45, 7) is 9.32. The van der Waals surface area contributed by atoms with Gasteiger partial charge in [0.1, 0.15) is 0 Å². The van der Waals surface area contributed by atoms with Crippen molar-refractivity contribution < 1.29 is 0 Å². The van der Waals surface area contributed by atoms with Gasteiger partial charge < -0.3 is 5.32 Å². The topological polar surface area (TPSA) is 12.0 Å². The Balaban J connectivity index is 1.24. The molecule has 1 atom stereocenters. The second kappa shape index (κ2) is 10.5. The molecule has 218 valence electrons. The highest BCUT2D eigenvalue weighted by Gasteiger charge is 2.27. The highest BCUT2D eigenvalue weighted by Crippen LogP contribution is 2.45. The molecule has 1 nitrogen and oxygen atoms in total. The standard InChI is InChI=1S/C42H39NS/c1-26-33(37-23-29-14-13-27-9-11-28(12-10-27)15-17-30(37)18-16-29)19-20-35-36-21-22-43-39(41(36)44-40(26)35)32-24-31-7-5-6-8-34(31)38(25-32)42(2,3)4/h5-12,16,18-25,39,43H,13-15,17H2,1-4H3. The van der Waals surface area contributed by atoms with Crippen molar-refractivity contribution >= 4 is 38.3 Å². The monoisotopic (exact) mass is 589 g/mol. The summed E-state index contributed by atoms with van der Waals surface area (Å²) in [6.07, 6.45) is 8.72. The van der Waals surface area contributed by atoms with Gasteiger partial charge in [-0.15, -0.1) is 11.3 Å². The Bertz CT molecular complexity index is 2080. The van der Waals surface area contributed by atoms with Crippen LogP contribution in [0.4, 0.5) is 0 Å². The van der Waals surface area contributed by atoms with E-state index >= 15 is 0 Å². The quantitative estimate of drug-likeness (QED) is 0.212. The molecule has 0 saturated heterocycles. The van der Waals surface area contributed by atoms with Crippen LogP contribution in [0.15, 0.2) is 97.2 Å². The van der Waals surface area contributed by atoms with Crippen molar-refractivity contribution in [2.45, 2.75) is 64.8 Å². The molecule has 4 bridgehead atoms. The van der Waals surface area contributed by atoms with Crippen LogP contribution in [0, 0.1) is 6.92 Å². The van der Waals surface area contributed by atoms with Crippen LogP contribution in [-0.4, -0.2) is 0 Å². The first-order chi connectivity index (χ1) is 21.3. The summed E-state index contributed by atoms with van der Waals surface area (Å²) in [6, 6.07) is 35.2. The second-order valence-electron chi connectivity index (χ2n) is 13.8. The molecular formula is C42H39NS. The first-order valence-corrected chi connectivity index (χ1v) is 16.9. The lowest BCUT2D eigenvalue weighted by molar-refractivity contribution is 0.593. The zero-order valence-corrected chi connectivity index (χ0v) is 26.9. The smallest absolute Gasteiger partial charge is 0.0862 e. The van der Waals surface area contributed by atoms with E-state index < -0.39 is 0 Å². The van der Waals surface area contributed by atoms with Gasteiger partial charge in [0, 0.05) is 20.5 Å². The van der Waals surface area contributed by atoms with Crippen LogP contribution in [0.5, 0.6) is 0 Å². The Morgan fingerprint density at radius 3 is 2.23 bits per heavy atom. The third-order valence-corrected chi connectivity index (χ3v) is 11.3. The summed E-state index contributed by atoms with van der Waals surface area (Å²) in [5, 5.41) is 7.80. The molecule has 0 fully saturated rings. The average Bonchev–Trinajstić information content (AvgIpc) is 3.41. The Hall–Kier alpha value is -4.14. The summed E-state index contributed by atoms with van der Waals surface area (Å²) in [5.41, 5.74) is 14.1. The number of aryl methyl sites for hydroxylation is 5. The fourth-order valence-corrected chi connectivity index (χ4v) is 8.75. The maximum atomic E-state index is 3.75. The van der Waals surface area contributed by atoms with Crippen LogP contribution in [0.25, 0.3) is 38.1 Å². The zero-order valence-electron chi connectivity index (χ0n) is 26.1. The van der Waals surface area contributed by atoms with Crippen LogP contribution in [0.2, 0.25) is 0 Å². The summed E-state index contributed by atoms with van der Waals surface area (Å²) >= 11 is 1.98. The number of fused-ring (bicyclic) bond motifs is 4. The molecule has 11 rings (SSSR count). The van der Waals surface area contributed by atoms with Crippen LogP contribution >= 0.6 is 11.3 Å². The number of rotatable bonds is 2. The number of nitrogens with one attached hydrogen (secondary N) is 1. The minimum atomic E-state index is 0.0583. The lowest BCUT2D eigenvalue weighted by atomic mass is 9.81. The van der Waals surface area contributed by atoms with E-state index in [9.17, 15) is 0 Å². The highest BCUT2D eigenvalue weighted by atomic mass is 32.1. The fraction of sp³-hybridized carbons (Fsp3) is 0.238. The van der Waals surface area contributed by atoms with Crippen LogP contribution < -0.4 is 5.32 Å². The molecule has 4 aliphatic carbocycles. The number of thiophene rings is 1. The molecule has 0 amide bonds. The number of hydrogen-bond acceptors (Lipinski definition) is 2. The van der Waals surface area contributed by atoms with Gasteiger partial charge in [0.2, 0.25) is 0 Å². The molecule has 0 radical (unpaired) electrons. The van der Waals surface area contributed by atoms with E-state index in [0.29, 0.717) is 0 Å². The highest BCUT2D eigenvalue weighted by molar-refractivity contribution is 7.19. The Labute approximate surface area is 265 Å². The van der Waals surface area contributed by atoms with E-state index in [0.717, 1.165) is 25.7 Å². The van der Waals surface area contributed by atoms with Gasteiger partial charge in [0.25, 0.3) is 0 Å². The molecule has 5 aromatic carbocycles. The van der Waals surface area contributed by atoms with Gasteiger partial charge in [-0.1, -0.05) is 106 Å². The maximum absolute atomic E-state index is 3.75. The largest absolute Gasteiger partial charge is 0.379 e. The second-order valence-corrected chi connectivity index (χ2v) is 14.8. The molecule has 1 unspecified atom stereocenters. The minimum Gasteiger partial charge on any atom is -0.379 e. The van der Waals surface area contributed by atoms with E-state index in [1.54, 1.807) is 0 Å². The first-order valence-electron chi connectivity index (χ1n) is 16.1. The lowest BCUT2D eigenvalue weighted by Crippen LogP contribution is -2.20. The van der Waals surface area contributed by atoms with E-state index in [4.69, 9.17) is 0 Å². The predicted octanol–water partition coefficient (Wildman–Crippen LogP) is 10.9. The summed E-state index contributed by atoms with van der Waals surface area (Å²) in [4.78, 5) is 1.41. The van der Waals surface area contributed by atoms with Gasteiger partial charge in [-0.05, 0) is 117 Å². The van der Waals surface area contributed by atoms with Crippen molar-refractivity contribution in [3.8, 4) is 11.1 Å². The molecule has 2 heteroatoms.